The summed E-state index contributed by atoms with van der Waals surface area (Å²) in [5.74, 6) is -0.121. The number of carbonyl (C=O) groups is 1. The summed E-state index contributed by atoms with van der Waals surface area (Å²) in [6, 6.07) is 11.3. The van der Waals surface area contributed by atoms with E-state index in [1.54, 1.807) is 12.3 Å². The Morgan fingerprint density at radius 1 is 1.17 bits per heavy atom. The van der Waals surface area contributed by atoms with Crippen LogP contribution in [0.15, 0.2) is 47.4 Å². The minimum Gasteiger partial charge on any atom is -0.326 e. The van der Waals surface area contributed by atoms with E-state index in [1.807, 2.05) is 44.2 Å². The molecule has 0 fully saturated rings. The number of pyridine rings is 2. The summed E-state index contributed by atoms with van der Waals surface area (Å²) in [6.07, 6.45) is 2.30. The second-order valence-corrected chi connectivity index (χ2v) is 5.95. The highest BCUT2D eigenvalue weighted by Crippen LogP contribution is 2.14. The van der Waals surface area contributed by atoms with Crippen LogP contribution in [0.25, 0.3) is 10.9 Å². The van der Waals surface area contributed by atoms with E-state index in [2.05, 4.69) is 15.3 Å². The molecule has 1 aromatic carbocycles. The minimum atomic E-state index is -0.138. The second-order valence-electron chi connectivity index (χ2n) is 5.95. The second kappa shape index (κ2) is 6.66. The lowest BCUT2D eigenvalue weighted by Crippen LogP contribution is -2.17. The fourth-order valence-corrected chi connectivity index (χ4v) is 2.64. The molecular weight excluding hydrogens is 302 g/mol. The number of hydrogen-bond donors (Lipinski definition) is 2. The number of anilines is 1. The summed E-state index contributed by atoms with van der Waals surface area (Å²) >= 11 is 0. The molecule has 2 N–H and O–H groups in total. The number of benzene rings is 1. The highest BCUT2D eigenvalue weighted by atomic mass is 16.1. The normalized spacial score (nSPS) is 10.8. The van der Waals surface area contributed by atoms with Gasteiger partial charge in [-0.1, -0.05) is 12.1 Å². The van der Waals surface area contributed by atoms with Crippen LogP contribution in [0.3, 0.4) is 0 Å². The van der Waals surface area contributed by atoms with Gasteiger partial charge < -0.3 is 10.3 Å². The number of fused-ring (bicyclic) bond motifs is 1. The predicted octanol–water partition coefficient (Wildman–Crippen LogP) is 3.11. The van der Waals surface area contributed by atoms with E-state index in [-0.39, 0.29) is 17.9 Å². The maximum absolute atomic E-state index is 12.2. The van der Waals surface area contributed by atoms with Gasteiger partial charge in [-0.05, 0) is 55.5 Å². The first kappa shape index (κ1) is 15.9. The van der Waals surface area contributed by atoms with Gasteiger partial charge in [0, 0.05) is 35.1 Å². The average molecular weight is 321 g/mol. The lowest BCUT2D eigenvalue weighted by molar-refractivity contribution is -0.116. The molecule has 0 bridgehead atoms. The van der Waals surface area contributed by atoms with E-state index in [0.717, 1.165) is 27.8 Å². The molecule has 122 valence electrons. The van der Waals surface area contributed by atoms with Crippen molar-refractivity contribution in [2.45, 2.75) is 26.7 Å². The van der Waals surface area contributed by atoms with Crippen molar-refractivity contribution in [1.82, 2.24) is 9.97 Å². The van der Waals surface area contributed by atoms with Crippen LogP contribution in [0.5, 0.6) is 0 Å². The van der Waals surface area contributed by atoms with Crippen LogP contribution in [0.1, 0.15) is 23.2 Å². The number of nitrogens with one attached hydrogen (secondary N) is 2. The van der Waals surface area contributed by atoms with Crippen LogP contribution in [0.2, 0.25) is 0 Å². The third-order valence-corrected chi connectivity index (χ3v) is 3.88. The smallest absolute Gasteiger partial charge is 0.251 e. The molecule has 0 atom stereocenters. The summed E-state index contributed by atoms with van der Waals surface area (Å²) in [6.45, 7) is 3.85. The molecule has 0 saturated carbocycles. The molecule has 0 saturated heterocycles. The number of amides is 1. The van der Waals surface area contributed by atoms with E-state index in [0.29, 0.717) is 12.0 Å². The summed E-state index contributed by atoms with van der Waals surface area (Å²) < 4.78 is 0. The van der Waals surface area contributed by atoms with Crippen molar-refractivity contribution in [2.75, 3.05) is 5.32 Å². The van der Waals surface area contributed by atoms with E-state index in [4.69, 9.17) is 0 Å². The van der Waals surface area contributed by atoms with Gasteiger partial charge in [0.1, 0.15) is 0 Å². The van der Waals surface area contributed by atoms with Gasteiger partial charge in [0.2, 0.25) is 5.91 Å². The standard InChI is InChI=1S/C19H19N3O2/c1-12-3-4-14-11-15(19(24)22-17(14)9-12)5-6-18(23)21-16-7-8-20-13(2)10-16/h3-4,7-11H,5-6H2,1-2H3,(H,22,24)(H,20,21,23). The zero-order valence-electron chi connectivity index (χ0n) is 13.7. The monoisotopic (exact) mass is 321 g/mol. The Morgan fingerprint density at radius 3 is 2.79 bits per heavy atom. The molecule has 0 aliphatic heterocycles. The largest absolute Gasteiger partial charge is 0.326 e. The number of carbonyl (C=O) groups excluding carboxylic acids is 1. The molecule has 5 heteroatoms. The van der Waals surface area contributed by atoms with Crippen molar-refractivity contribution in [3.8, 4) is 0 Å². The van der Waals surface area contributed by atoms with Gasteiger partial charge in [0.05, 0.1) is 0 Å². The van der Waals surface area contributed by atoms with E-state index < -0.39 is 0 Å². The average Bonchev–Trinajstić information content (AvgIpc) is 2.53. The lowest BCUT2D eigenvalue weighted by Gasteiger charge is -2.06. The summed E-state index contributed by atoms with van der Waals surface area (Å²) in [5, 5.41) is 3.80. The van der Waals surface area contributed by atoms with Crippen molar-refractivity contribution in [2.24, 2.45) is 0 Å². The predicted molar refractivity (Wildman–Crippen MR) is 95.2 cm³/mol. The number of aryl methyl sites for hydroxylation is 3. The topological polar surface area (TPSA) is 74.8 Å². The maximum Gasteiger partial charge on any atom is 0.251 e. The molecular formula is C19H19N3O2. The molecule has 3 rings (SSSR count). The van der Waals surface area contributed by atoms with Crippen LogP contribution in [-0.4, -0.2) is 15.9 Å². The Bertz CT molecular complexity index is 960. The van der Waals surface area contributed by atoms with Crippen molar-refractivity contribution in [3.63, 3.8) is 0 Å². The van der Waals surface area contributed by atoms with Crippen LogP contribution in [0.4, 0.5) is 5.69 Å². The Balaban J connectivity index is 1.71. The molecule has 0 radical (unpaired) electrons. The van der Waals surface area contributed by atoms with E-state index >= 15 is 0 Å². The summed E-state index contributed by atoms with van der Waals surface area (Å²) in [4.78, 5) is 31.2. The zero-order chi connectivity index (χ0) is 17.1. The highest BCUT2D eigenvalue weighted by molar-refractivity contribution is 5.90. The first-order valence-corrected chi connectivity index (χ1v) is 7.86. The quantitative estimate of drug-likeness (QED) is 0.775. The number of rotatable bonds is 4. The van der Waals surface area contributed by atoms with Crippen LogP contribution >= 0.6 is 0 Å². The number of hydrogen-bond acceptors (Lipinski definition) is 3. The van der Waals surface area contributed by atoms with Gasteiger partial charge in [-0.25, -0.2) is 0 Å². The molecule has 24 heavy (non-hydrogen) atoms. The fourth-order valence-electron chi connectivity index (χ4n) is 2.64. The molecule has 5 nitrogen and oxygen atoms in total. The van der Waals surface area contributed by atoms with Gasteiger partial charge in [0.15, 0.2) is 0 Å². The Morgan fingerprint density at radius 2 is 2.00 bits per heavy atom. The molecule has 0 unspecified atom stereocenters. The van der Waals surface area contributed by atoms with Gasteiger partial charge in [-0.3, -0.25) is 14.6 Å². The maximum atomic E-state index is 12.2. The van der Waals surface area contributed by atoms with Crippen LogP contribution in [0, 0.1) is 13.8 Å². The molecule has 3 aromatic rings. The van der Waals surface area contributed by atoms with Gasteiger partial charge in [0.25, 0.3) is 5.56 Å². The minimum absolute atomic E-state index is 0.121. The van der Waals surface area contributed by atoms with Crippen LogP contribution in [-0.2, 0) is 11.2 Å². The molecule has 2 aromatic heterocycles. The summed E-state index contributed by atoms with van der Waals surface area (Å²) in [5.41, 5.74) is 3.95. The number of aromatic nitrogens is 2. The SMILES string of the molecule is Cc1ccc2cc(CCC(=O)Nc3ccnc(C)c3)c(=O)[nH]c2c1. The Kier molecular flexibility index (Phi) is 4.42. The highest BCUT2D eigenvalue weighted by Gasteiger charge is 2.08. The molecule has 1 amide bonds. The third-order valence-electron chi connectivity index (χ3n) is 3.88. The Labute approximate surface area is 139 Å². The first-order valence-electron chi connectivity index (χ1n) is 7.86. The fraction of sp³-hybridized carbons (Fsp3) is 0.211. The van der Waals surface area contributed by atoms with Gasteiger partial charge in [-0.2, -0.15) is 0 Å². The molecule has 0 spiro atoms. The van der Waals surface area contributed by atoms with Crippen molar-refractivity contribution < 1.29 is 4.79 Å². The number of H-pyrrole nitrogens is 1. The van der Waals surface area contributed by atoms with Crippen molar-refractivity contribution in [1.29, 1.82) is 0 Å². The molecule has 0 aliphatic carbocycles. The zero-order valence-corrected chi connectivity index (χ0v) is 13.7. The molecule has 0 aliphatic rings. The van der Waals surface area contributed by atoms with Gasteiger partial charge >= 0.3 is 0 Å². The molecule has 2 heterocycles. The van der Waals surface area contributed by atoms with Crippen LogP contribution < -0.4 is 10.9 Å². The van der Waals surface area contributed by atoms with Gasteiger partial charge in [-0.15, -0.1) is 0 Å². The first-order chi connectivity index (χ1) is 11.5. The Hall–Kier alpha value is -2.95. The lowest BCUT2D eigenvalue weighted by atomic mass is 10.1. The number of nitrogens with zero attached hydrogens (tertiary/aromatic N) is 1. The van der Waals surface area contributed by atoms with E-state index in [1.165, 1.54) is 0 Å². The van der Waals surface area contributed by atoms with Crippen molar-refractivity contribution >= 4 is 22.5 Å². The number of aromatic amines is 1. The summed E-state index contributed by atoms with van der Waals surface area (Å²) in [7, 11) is 0. The van der Waals surface area contributed by atoms with Crippen molar-refractivity contribution in [3.05, 3.63) is 69.8 Å². The third kappa shape index (κ3) is 3.68. The van der Waals surface area contributed by atoms with E-state index in [9.17, 15) is 9.59 Å².